The lowest BCUT2D eigenvalue weighted by molar-refractivity contribution is 0.405. The van der Waals surface area contributed by atoms with Gasteiger partial charge in [-0.25, -0.2) is 4.99 Å². The van der Waals surface area contributed by atoms with E-state index in [1.54, 1.807) is 13.2 Å². The summed E-state index contributed by atoms with van der Waals surface area (Å²) in [5, 5.41) is 0.621. The van der Waals surface area contributed by atoms with E-state index in [0.29, 0.717) is 16.6 Å². The van der Waals surface area contributed by atoms with Crippen LogP contribution in [0.5, 0.6) is 5.75 Å². The average molecular weight is 365 g/mol. The fourth-order valence-corrected chi connectivity index (χ4v) is 3.21. The fourth-order valence-electron chi connectivity index (χ4n) is 3.04. The van der Waals surface area contributed by atoms with Crippen molar-refractivity contribution >= 4 is 23.1 Å². The van der Waals surface area contributed by atoms with Crippen LogP contribution in [0.15, 0.2) is 83.9 Å². The molecule has 3 aromatic carbocycles. The highest BCUT2D eigenvalue weighted by atomic mass is 35.5. The second kappa shape index (κ2) is 7.63. The van der Waals surface area contributed by atoms with Crippen molar-refractivity contribution < 1.29 is 4.74 Å². The molecule has 3 nitrogen and oxygen atoms in total. The van der Waals surface area contributed by atoms with E-state index >= 15 is 0 Å². The molecule has 2 N–H and O–H groups in total. The monoisotopic (exact) mass is 364 g/mol. The van der Waals surface area contributed by atoms with Gasteiger partial charge in [-0.2, -0.15) is 0 Å². The molecule has 4 heteroatoms. The van der Waals surface area contributed by atoms with Crippen molar-refractivity contribution in [3.05, 3.63) is 95.0 Å². The van der Waals surface area contributed by atoms with Gasteiger partial charge in [0.05, 0.1) is 18.2 Å². The van der Waals surface area contributed by atoms with Gasteiger partial charge in [0.25, 0.3) is 0 Å². The van der Waals surface area contributed by atoms with Gasteiger partial charge in [-0.1, -0.05) is 60.1 Å². The third kappa shape index (κ3) is 3.44. The van der Waals surface area contributed by atoms with Gasteiger partial charge in [-0.05, 0) is 42.8 Å². The number of halogens is 1. The van der Waals surface area contributed by atoms with E-state index in [-0.39, 0.29) is 0 Å². The molecule has 3 rings (SSSR count). The molecule has 0 fully saturated rings. The lowest BCUT2D eigenvalue weighted by Crippen LogP contribution is -2.40. The molecular weight excluding hydrogens is 344 g/mol. The molecule has 1 atom stereocenters. The first-order valence-electron chi connectivity index (χ1n) is 8.35. The van der Waals surface area contributed by atoms with Gasteiger partial charge in [0.2, 0.25) is 0 Å². The Balaban J connectivity index is 2.25. The zero-order valence-corrected chi connectivity index (χ0v) is 15.6. The van der Waals surface area contributed by atoms with Crippen LogP contribution in [0.3, 0.4) is 0 Å². The number of ether oxygens (including phenoxy) is 1. The van der Waals surface area contributed by atoms with E-state index in [2.05, 4.69) is 4.99 Å². The van der Waals surface area contributed by atoms with Crippen LogP contribution in [0, 0.1) is 0 Å². The Morgan fingerprint density at radius 1 is 0.962 bits per heavy atom. The van der Waals surface area contributed by atoms with Crippen LogP contribution in [0.1, 0.15) is 18.1 Å². The van der Waals surface area contributed by atoms with Crippen molar-refractivity contribution in [2.24, 2.45) is 10.7 Å². The van der Waals surface area contributed by atoms with Crippen molar-refractivity contribution in [3.63, 3.8) is 0 Å². The summed E-state index contributed by atoms with van der Waals surface area (Å²) in [7, 11) is 1.64. The lowest BCUT2D eigenvalue weighted by Gasteiger charge is -2.32. The molecule has 0 saturated heterocycles. The molecule has 0 amide bonds. The molecule has 0 aromatic heterocycles. The molecule has 0 radical (unpaired) electrons. The Morgan fingerprint density at radius 3 is 2.19 bits per heavy atom. The third-order valence-electron chi connectivity index (χ3n) is 4.57. The molecule has 26 heavy (non-hydrogen) atoms. The van der Waals surface area contributed by atoms with Crippen molar-refractivity contribution in [1.29, 1.82) is 0 Å². The number of para-hydroxylation sites is 1. The molecule has 0 heterocycles. The quantitative estimate of drug-likeness (QED) is 0.490. The van der Waals surface area contributed by atoms with E-state index in [4.69, 9.17) is 22.1 Å². The van der Waals surface area contributed by atoms with E-state index in [1.807, 2.05) is 79.7 Å². The van der Waals surface area contributed by atoms with Crippen LogP contribution >= 0.6 is 11.6 Å². The van der Waals surface area contributed by atoms with Gasteiger partial charge in [-0.15, -0.1) is 0 Å². The highest BCUT2D eigenvalue weighted by molar-refractivity contribution is 6.30. The van der Waals surface area contributed by atoms with Crippen LogP contribution < -0.4 is 10.5 Å². The van der Waals surface area contributed by atoms with E-state index in [0.717, 1.165) is 16.8 Å². The van der Waals surface area contributed by atoms with Crippen LogP contribution in [-0.2, 0) is 5.41 Å². The van der Waals surface area contributed by atoms with Crippen molar-refractivity contribution in [2.45, 2.75) is 12.3 Å². The number of hydrogen-bond donors (Lipinski definition) is 1. The van der Waals surface area contributed by atoms with Crippen LogP contribution in [0.2, 0.25) is 5.02 Å². The van der Waals surface area contributed by atoms with Gasteiger partial charge in [0.1, 0.15) is 11.6 Å². The zero-order chi connectivity index (χ0) is 18.6. The van der Waals surface area contributed by atoms with Gasteiger partial charge in [-0.3, -0.25) is 0 Å². The molecule has 0 saturated carbocycles. The maximum Gasteiger partial charge on any atom is 0.123 e. The van der Waals surface area contributed by atoms with Crippen LogP contribution in [-0.4, -0.2) is 12.9 Å². The summed E-state index contributed by atoms with van der Waals surface area (Å²) in [4.78, 5) is 4.68. The van der Waals surface area contributed by atoms with Gasteiger partial charge < -0.3 is 10.5 Å². The SMILES string of the molecule is COc1ccc(Cl)cc1C(C)(C(N)=Nc1ccccc1)c1ccccc1. The van der Waals surface area contributed by atoms with Gasteiger partial charge in [0.15, 0.2) is 0 Å². The summed E-state index contributed by atoms with van der Waals surface area (Å²) in [6.45, 7) is 2.04. The largest absolute Gasteiger partial charge is 0.496 e. The Kier molecular flexibility index (Phi) is 5.29. The van der Waals surface area contributed by atoms with E-state index < -0.39 is 5.41 Å². The Hall–Kier alpha value is -2.78. The predicted octanol–water partition coefficient (Wildman–Crippen LogP) is 5.34. The summed E-state index contributed by atoms with van der Waals surface area (Å²) < 4.78 is 5.60. The van der Waals surface area contributed by atoms with E-state index in [9.17, 15) is 0 Å². The molecule has 3 aromatic rings. The summed E-state index contributed by atoms with van der Waals surface area (Å²) in [6.07, 6.45) is 0. The minimum Gasteiger partial charge on any atom is -0.496 e. The summed E-state index contributed by atoms with van der Waals surface area (Å²) >= 11 is 6.30. The third-order valence-corrected chi connectivity index (χ3v) is 4.80. The first kappa shape index (κ1) is 18.0. The second-order valence-corrected chi connectivity index (χ2v) is 6.60. The first-order valence-corrected chi connectivity index (χ1v) is 8.72. The van der Waals surface area contributed by atoms with Gasteiger partial charge in [0, 0.05) is 10.6 Å². The van der Waals surface area contributed by atoms with Crippen molar-refractivity contribution in [1.82, 2.24) is 0 Å². The molecule has 0 aliphatic heterocycles. The van der Waals surface area contributed by atoms with Crippen molar-refractivity contribution in [2.75, 3.05) is 7.11 Å². The Morgan fingerprint density at radius 2 is 1.58 bits per heavy atom. The molecular formula is C22H21ClN2O. The average Bonchev–Trinajstić information content (AvgIpc) is 2.68. The number of aliphatic imine (C=N–C) groups is 1. The summed E-state index contributed by atoms with van der Waals surface area (Å²) in [5.41, 5.74) is 8.55. The molecule has 0 bridgehead atoms. The molecule has 0 spiro atoms. The zero-order valence-electron chi connectivity index (χ0n) is 14.8. The topological polar surface area (TPSA) is 47.6 Å². The number of hydrogen-bond acceptors (Lipinski definition) is 2. The Bertz CT molecular complexity index is 910. The number of nitrogens with zero attached hydrogens (tertiary/aromatic N) is 1. The normalized spacial score (nSPS) is 13.9. The molecule has 132 valence electrons. The maximum atomic E-state index is 6.57. The first-order chi connectivity index (χ1) is 12.6. The molecule has 0 aliphatic rings. The second-order valence-electron chi connectivity index (χ2n) is 6.17. The van der Waals surface area contributed by atoms with Crippen LogP contribution in [0.4, 0.5) is 5.69 Å². The smallest absolute Gasteiger partial charge is 0.123 e. The number of methoxy groups -OCH3 is 1. The minimum absolute atomic E-state index is 0.468. The standard InChI is InChI=1S/C22H21ClN2O/c1-22(16-9-5-3-6-10-16,19-15-17(23)13-14-20(19)26-2)21(24)25-18-11-7-4-8-12-18/h3-15H,1-2H3,(H2,24,25). The highest BCUT2D eigenvalue weighted by Gasteiger charge is 2.36. The van der Waals surface area contributed by atoms with Crippen LogP contribution in [0.25, 0.3) is 0 Å². The summed E-state index contributed by atoms with van der Waals surface area (Å²) in [6, 6.07) is 25.2. The predicted molar refractivity (Wildman–Crippen MR) is 109 cm³/mol. The summed E-state index contributed by atoms with van der Waals surface area (Å²) in [5.74, 6) is 1.18. The lowest BCUT2D eigenvalue weighted by atomic mass is 9.74. The fraction of sp³-hybridized carbons (Fsp3) is 0.136. The minimum atomic E-state index is -0.701. The number of benzene rings is 3. The van der Waals surface area contributed by atoms with E-state index in [1.165, 1.54) is 0 Å². The maximum absolute atomic E-state index is 6.57. The number of rotatable bonds is 5. The number of amidine groups is 1. The highest BCUT2D eigenvalue weighted by Crippen LogP contribution is 2.39. The Labute approximate surface area is 159 Å². The molecule has 1 unspecified atom stereocenters. The molecule has 0 aliphatic carbocycles. The van der Waals surface area contributed by atoms with Gasteiger partial charge >= 0.3 is 0 Å². The van der Waals surface area contributed by atoms with Crippen molar-refractivity contribution in [3.8, 4) is 5.75 Å². The number of nitrogens with two attached hydrogens (primary N) is 1.